The van der Waals surface area contributed by atoms with E-state index in [1.165, 1.54) is 238 Å². The number of carbonyl (C=O) groups excluding carboxylic acids is 3. The molecule has 0 bridgehead atoms. The first-order valence-electron chi connectivity index (χ1n) is 35.9. The first kappa shape index (κ1) is 78.8. The Morgan fingerprint density at radius 1 is 0.256 bits per heavy atom. The van der Waals surface area contributed by atoms with Crippen LogP contribution in [0.1, 0.15) is 374 Å². The van der Waals surface area contributed by atoms with Crippen molar-refractivity contribution in [2.45, 2.75) is 380 Å². The van der Waals surface area contributed by atoms with Gasteiger partial charge in [-0.25, -0.2) is 0 Å². The topological polar surface area (TPSA) is 78.9 Å². The Balaban J connectivity index is 4.36. The molecule has 476 valence electrons. The summed E-state index contributed by atoms with van der Waals surface area (Å²) in [6, 6.07) is 0. The molecule has 0 aromatic heterocycles. The van der Waals surface area contributed by atoms with Crippen LogP contribution in [0.5, 0.6) is 0 Å². The molecule has 0 amide bonds. The van der Waals surface area contributed by atoms with Crippen molar-refractivity contribution in [3.63, 3.8) is 0 Å². The Bertz CT molecular complexity index is 1500. The second-order valence-corrected chi connectivity index (χ2v) is 24.1. The van der Waals surface area contributed by atoms with Crippen LogP contribution in [0.3, 0.4) is 0 Å². The number of allylic oxidation sites excluding steroid dienone is 12. The van der Waals surface area contributed by atoms with Gasteiger partial charge in [-0.05, 0) is 89.9 Å². The van der Waals surface area contributed by atoms with E-state index >= 15 is 0 Å². The van der Waals surface area contributed by atoms with Crippen LogP contribution >= 0.6 is 0 Å². The molecule has 0 N–H and O–H groups in total. The monoisotopic (exact) mass is 1150 g/mol. The summed E-state index contributed by atoms with van der Waals surface area (Å²) in [5, 5.41) is 0. The van der Waals surface area contributed by atoms with E-state index < -0.39 is 6.10 Å². The smallest absolute Gasteiger partial charge is 0.306 e. The molecule has 0 aromatic rings. The van der Waals surface area contributed by atoms with Gasteiger partial charge in [0.15, 0.2) is 6.10 Å². The van der Waals surface area contributed by atoms with Crippen molar-refractivity contribution in [1.82, 2.24) is 0 Å². The summed E-state index contributed by atoms with van der Waals surface area (Å²) in [6.07, 6.45) is 92.1. The molecule has 0 aromatic carbocycles. The van der Waals surface area contributed by atoms with Crippen molar-refractivity contribution in [1.29, 1.82) is 0 Å². The SMILES string of the molecule is CC/C=C\C/C=C\C/C=C\C/C=C\CCCCCCCCCCC(=O)OC(COC(=O)CCCCCCCCCCCCC/C=C\C/C=C\CCCCCCC)COC(=O)CCCCCCCCCCCCCCCCCCCCCC. The highest BCUT2D eigenvalue weighted by Gasteiger charge is 2.19. The van der Waals surface area contributed by atoms with E-state index in [0.29, 0.717) is 19.3 Å². The zero-order chi connectivity index (χ0) is 59.2. The highest BCUT2D eigenvalue weighted by Crippen LogP contribution is 2.18. The number of carbonyl (C=O) groups is 3. The minimum atomic E-state index is -0.782. The Morgan fingerprint density at radius 3 is 0.744 bits per heavy atom. The van der Waals surface area contributed by atoms with Crippen LogP contribution in [0.25, 0.3) is 0 Å². The second-order valence-electron chi connectivity index (χ2n) is 24.1. The Kier molecular flexibility index (Phi) is 67.6. The summed E-state index contributed by atoms with van der Waals surface area (Å²) < 4.78 is 17.0. The van der Waals surface area contributed by atoms with Crippen LogP contribution in [0.2, 0.25) is 0 Å². The van der Waals surface area contributed by atoms with Gasteiger partial charge in [-0.3, -0.25) is 14.4 Å². The molecule has 0 aliphatic carbocycles. The van der Waals surface area contributed by atoms with Crippen molar-refractivity contribution in [2.24, 2.45) is 0 Å². The van der Waals surface area contributed by atoms with Gasteiger partial charge in [0.25, 0.3) is 0 Å². The number of hydrogen-bond donors (Lipinski definition) is 0. The van der Waals surface area contributed by atoms with Crippen molar-refractivity contribution in [3.05, 3.63) is 72.9 Å². The van der Waals surface area contributed by atoms with Crippen LogP contribution in [0.15, 0.2) is 72.9 Å². The average molecular weight is 1150 g/mol. The van der Waals surface area contributed by atoms with Crippen LogP contribution in [-0.2, 0) is 28.6 Å². The lowest BCUT2D eigenvalue weighted by Gasteiger charge is -2.18. The molecule has 6 nitrogen and oxygen atoms in total. The molecule has 0 aliphatic heterocycles. The maximum atomic E-state index is 13.0. The molecule has 6 heteroatoms. The summed E-state index contributed by atoms with van der Waals surface area (Å²) in [7, 11) is 0. The highest BCUT2D eigenvalue weighted by molar-refractivity contribution is 5.71. The molecule has 0 radical (unpaired) electrons. The lowest BCUT2D eigenvalue weighted by molar-refractivity contribution is -0.167. The van der Waals surface area contributed by atoms with E-state index in [1.807, 2.05) is 0 Å². The molecular weight excluding hydrogens is 1010 g/mol. The number of ether oxygens (including phenoxy) is 3. The molecule has 1 unspecified atom stereocenters. The third-order valence-electron chi connectivity index (χ3n) is 15.9. The Labute approximate surface area is 510 Å². The van der Waals surface area contributed by atoms with Crippen LogP contribution in [0.4, 0.5) is 0 Å². The number of esters is 3. The van der Waals surface area contributed by atoms with Crippen molar-refractivity contribution in [2.75, 3.05) is 13.2 Å². The molecule has 82 heavy (non-hydrogen) atoms. The quantitative estimate of drug-likeness (QED) is 0.0261. The van der Waals surface area contributed by atoms with E-state index in [1.54, 1.807) is 0 Å². The van der Waals surface area contributed by atoms with Gasteiger partial charge in [-0.15, -0.1) is 0 Å². The maximum Gasteiger partial charge on any atom is 0.306 e. The van der Waals surface area contributed by atoms with E-state index in [-0.39, 0.29) is 31.1 Å². The number of rotatable bonds is 66. The van der Waals surface area contributed by atoms with Gasteiger partial charge in [-0.2, -0.15) is 0 Å². The van der Waals surface area contributed by atoms with Crippen molar-refractivity contribution in [3.8, 4) is 0 Å². The molecule has 1 atom stereocenters. The zero-order valence-corrected chi connectivity index (χ0v) is 54.8. The summed E-state index contributed by atoms with van der Waals surface area (Å²) in [5.74, 6) is -0.861. The molecule has 0 rings (SSSR count). The van der Waals surface area contributed by atoms with E-state index in [4.69, 9.17) is 14.2 Å². The summed E-state index contributed by atoms with van der Waals surface area (Å²) in [4.78, 5) is 38.5. The first-order chi connectivity index (χ1) is 40.5. The average Bonchev–Trinajstić information content (AvgIpc) is 3.47. The Morgan fingerprint density at radius 2 is 0.476 bits per heavy atom. The predicted octanol–water partition coefficient (Wildman–Crippen LogP) is 24.8. The second kappa shape index (κ2) is 70.3. The third kappa shape index (κ3) is 67.6. The van der Waals surface area contributed by atoms with Gasteiger partial charge in [0.1, 0.15) is 13.2 Å². The lowest BCUT2D eigenvalue weighted by Crippen LogP contribution is -2.30. The molecule has 0 heterocycles. The summed E-state index contributed by atoms with van der Waals surface area (Å²) >= 11 is 0. The molecule has 0 saturated carbocycles. The normalized spacial score (nSPS) is 12.5. The fourth-order valence-corrected chi connectivity index (χ4v) is 10.6. The van der Waals surface area contributed by atoms with Crippen LogP contribution in [-0.4, -0.2) is 37.2 Å². The van der Waals surface area contributed by atoms with Gasteiger partial charge < -0.3 is 14.2 Å². The zero-order valence-electron chi connectivity index (χ0n) is 54.8. The van der Waals surface area contributed by atoms with E-state index in [0.717, 1.165) is 96.3 Å². The molecule has 0 aliphatic rings. The van der Waals surface area contributed by atoms with Gasteiger partial charge in [0.2, 0.25) is 0 Å². The molecule has 0 saturated heterocycles. The fraction of sp³-hybridized carbons (Fsp3) is 0.803. The van der Waals surface area contributed by atoms with Gasteiger partial charge in [0.05, 0.1) is 0 Å². The predicted molar refractivity (Wildman–Crippen MR) is 358 cm³/mol. The minimum Gasteiger partial charge on any atom is -0.462 e. The minimum absolute atomic E-state index is 0.0753. The van der Waals surface area contributed by atoms with E-state index in [9.17, 15) is 14.4 Å². The van der Waals surface area contributed by atoms with Crippen LogP contribution < -0.4 is 0 Å². The van der Waals surface area contributed by atoms with Crippen molar-refractivity contribution < 1.29 is 28.6 Å². The van der Waals surface area contributed by atoms with Gasteiger partial charge in [0, 0.05) is 19.3 Å². The standard InChI is InChI=1S/C76H136O6/c1-4-7-10-13-16-19-22-25-28-31-34-37-38-40-42-45-48-51-54-57-60-63-66-69-75(78)81-72-73(71-80-74(77)68-65-62-59-56-53-50-47-44-41-36-33-30-27-24-21-18-15-12-9-6-3)82-76(79)70-67-64-61-58-55-52-49-46-43-39-35-32-29-26-23-20-17-14-11-8-5-2/h8,11,17,20,22,25-26,29,31,34-35,39,73H,4-7,9-10,12-16,18-19,21,23-24,27-28,30,32-33,36-38,40-72H2,1-3H3/b11-8-,20-17-,25-22-,29-26-,34-31-,39-35-. The lowest BCUT2D eigenvalue weighted by atomic mass is 10.0. The molecule has 0 spiro atoms. The highest BCUT2D eigenvalue weighted by atomic mass is 16.6. The summed E-state index contributed by atoms with van der Waals surface area (Å²) in [5.41, 5.74) is 0. The first-order valence-corrected chi connectivity index (χ1v) is 35.9. The van der Waals surface area contributed by atoms with Crippen LogP contribution in [0, 0.1) is 0 Å². The van der Waals surface area contributed by atoms with Gasteiger partial charge in [-0.1, -0.05) is 338 Å². The summed E-state index contributed by atoms with van der Waals surface area (Å²) in [6.45, 7) is 6.58. The largest absolute Gasteiger partial charge is 0.462 e. The van der Waals surface area contributed by atoms with Crippen molar-refractivity contribution >= 4 is 17.9 Å². The maximum absolute atomic E-state index is 13.0. The van der Waals surface area contributed by atoms with Gasteiger partial charge >= 0.3 is 17.9 Å². The third-order valence-corrected chi connectivity index (χ3v) is 15.9. The molecule has 0 fully saturated rings. The number of unbranched alkanes of at least 4 members (excludes halogenated alkanes) is 43. The Hall–Kier alpha value is -3.15. The van der Waals surface area contributed by atoms with E-state index in [2.05, 4.69) is 93.7 Å². The number of hydrogen-bond acceptors (Lipinski definition) is 6. The fourth-order valence-electron chi connectivity index (χ4n) is 10.6. The molecular formula is C76H136O6.